The second-order valence-electron chi connectivity index (χ2n) is 6.54. The number of likely N-dealkylation sites (tertiary alicyclic amines) is 1. The quantitative estimate of drug-likeness (QED) is 0.851. The van der Waals surface area contributed by atoms with Crippen LogP contribution in [0, 0.1) is 24.5 Å². The Morgan fingerprint density at radius 1 is 1.24 bits per heavy atom. The van der Waals surface area contributed by atoms with Crippen LogP contribution in [0.1, 0.15) is 41.0 Å². The number of hydrogen-bond donors (Lipinski definition) is 0. The number of hydrogen-bond acceptors (Lipinski definition) is 3. The summed E-state index contributed by atoms with van der Waals surface area (Å²) in [5.41, 5.74) is 1.24. The summed E-state index contributed by atoms with van der Waals surface area (Å²) in [5, 5.41) is 0. The molecule has 6 heteroatoms. The molecule has 25 heavy (non-hydrogen) atoms. The zero-order valence-electron chi connectivity index (χ0n) is 14.2. The van der Waals surface area contributed by atoms with Gasteiger partial charge in [0.25, 0.3) is 5.91 Å². The van der Waals surface area contributed by atoms with Crippen LogP contribution < -0.4 is 0 Å². The number of aromatic nitrogens is 2. The molecule has 0 aliphatic carbocycles. The first kappa shape index (κ1) is 17.5. The zero-order chi connectivity index (χ0) is 17.8. The van der Waals surface area contributed by atoms with E-state index in [2.05, 4.69) is 9.97 Å². The van der Waals surface area contributed by atoms with Crippen LogP contribution in [0.15, 0.2) is 30.6 Å². The molecule has 4 nitrogen and oxygen atoms in total. The molecule has 1 saturated heterocycles. The van der Waals surface area contributed by atoms with E-state index in [0.29, 0.717) is 31.6 Å². The van der Waals surface area contributed by atoms with E-state index < -0.39 is 11.6 Å². The molecule has 1 aliphatic heterocycles. The van der Waals surface area contributed by atoms with Crippen molar-refractivity contribution < 1.29 is 13.6 Å². The normalized spacial score (nSPS) is 17.6. The van der Waals surface area contributed by atoms with Gasteiger partial charge < -0.3 is 4.90 Å². The average Bonchev–Trinajstić information content (AvgIpc) is 2.62. The predicted octanol–water partition coefficient (Wildman–Crippen LogP) is 3.55. The number of amides is 1. The lowest BCUT2D eigenvalue weighted by molar-refractivity contribution is 0.0661. The van der Waals surface area contributed by atoms with E-state index in [-0.39, 0.29) is 17.4 Å². The molecule has 2 aromatic rings. The fourth-order valence-electron chi connectivity index (χ4n) is 3.27. The van der Waals surface area contributed by atoms with Gasteiger partial charge in [-0.05, 0) is 50.7 Å². The lowest BCUT2D eigenvalue weighted by atomic mass is 9.91. The predicted molar refractivity (Wildman–Crippen MR) is 90.1 cm³/mol. The lowest BCUT2D eigenvalue weighted by Crippen LogP contribution is -2.40. The highest BCUT2D eigenvalue weighted by molar-refractivity contribution is 5.92. The highest BCUT2D eigenvalue weighted by Gasteiger charge is 2.25. The maximum Gasteiger partial charge on any atom is 0.274 e. The van der Waals surface area contributed by atoms with Crippen molar-refractivity contribution >= 4 is 5.91 Å². The molecule has 1 amide bonds. The molecule has 0 radical (unpaired) electrons. The van der Waals surface area contributed by atoms with Crippen LogP contribution in [-0.4, -0.2) is 33.9 Å². The Bertz CT molecular complexity index is 729. The molecule has 1 aromatic heterocycles. The number of piperidine rings is 1. The second kappa shape index (κ2) is 7.68. The molecule has 0 bridgehead atoms. The number of rotatable bonds is 4. The van der Waals surface area contributed by atoms with Gasteiger partial charge in [-0.15, -0.1) is 0 Å². The van der Waals surface area contributed by atoms with Crippen molar-refractivity contribution in [3.05, 3.63) is 59.2 Å². The van der Waals surface area contributed by atoms with Gasteiger partial charge in [0.15, 0.2) is 0 Å². The van der Waals surface area contributed by atoms with Gasteiger partial charge in [-0.2, -0.15) is 0 Å². The minimum absolute atomic E-state index is 0.130. The molecule has 0 N–H and O–H groups in total. The molecule has 1 aromatic carbocycles. The van der Waals surface area contributed by atoms with E-state index in [9.17, 15) is 13.6 Å². The summed E-state index contributed by atoms with van der Waals surface area (Å²) in [5.74, 6) is -0.901. The van der Waals surface area contributed by atoms with E-state index in [4.69, 9.17) is 0 Å². The number of halogens is 2. The summed E-state index contributed by atoms with van der Waals surface area (Å²) in [7, 11) is 0. The van der Waals surface area contributed by atoms with Gasteiger partial charge in [0.2, 0.25) is 0 Å². The van der Waals surface area contributed by atoms with Gasteiger partial charge in [-0.1, -0.05) is 6.07 Å². The van der Waals surface area contributed by atoms with Gasteiger partial charge in [0.1, 0.15) is 17.3 Å². The van der Waals surface area contributed by atoms with Gasteiger partial charge in [0.05, 0.1) is 11.9 Å². The van der Waals surface area contributed by atoms with Gasteiger partial charge >= 0.3 is 0 Å². The number of carbonyl (C=O) groups excluding carboxylic acids is 1. The van der Waals surface area contributed by atoms with E-state index in [1.165, 1.54) is 24.4 Å². The molecule has 0 spiro atoms. The summed E-state index contributed by atoms with van der Waals surface area (Å²) < 4.78 is 27.5. The Morgan fingerprint density at radius 3 is 2.68 bits per heavy atom. The first-order valence-electron chi connectivity index (χ1n) is 8.55. The van der Waals surface area contributed by atoms with Crippen molar-refractivity contribution in [3.63, 3.8) is 0 Å². The van der Waals surface area contributed by atoms with E-state index >= 15 is 0 Å². The second-order valence-corrected chi connectivity index (χ2v) is 6.54. The molecule has 2 heterocycles. The fourth-order valence-corrected chi connectivity index (χ4v) is 3.27. The van der Waals surface area contributed by atoms with Gasteiger partial charge in [-0.3, -0.25) is 9.78 Å². The number of nitrogens with zero attached hydrogens (tertiary/aromatic N) is 3. The molecule has 1 aliphatic rings. The maximum atomic E-state index is 13.7. The number of benzene rings is 1. The molecule has 1 fully saturated rings. The highest BCUT2D eigenvalue weighted by atomic mass is 19.1. The van der Waals surface area contributed by atoms with Crippen LogP contribution in [0.2, 0.25) is 0 Å². The van der Waals surface area contributed by atoms with Gasteiger partial charge in [0, 0.05) is 24.8 Å². The summed E-state index contributed by atoms with van der Waals surface area (Å²) in [6, 6.07) is 3.94. The van der Waals surface area contributed by atoms with Crippen molar-refractivity contribution in [3.8, 4) is 0 Å². The van der Waals surface area contributed by atoms with E-state index in [0.717, 1.165) is 18.5 Å². The monoisotopic (exact) mass is 345 g/mol. The number of carbonyl (C=O) groups is 1. The molecular weight excluding hydrogens is 324 g/mol. The van der Waals surface area contributed by atoms with Crippen molar-refractivity contribution in [2.45, 2.75) is 32.6 Å². The van der Waals surface area contributed by atoms with Crippen LogP contribution >= 0.6 is 0 Å². The minimum atomic E-state index is -0.501. The van der Waals surface area contributed by atoms with Crippen molar-refractivity contribution in [1.29, 1.82) is 0 Å². The average molecular weight is 345 g/mol. The Balaban J connectivity index is 1.61. The van der Waals surface area contributed by atoms with Crippen molar-refractivity contribution in [1.82, 2.24) is 14.9 Å². The van der Waals surface area contributed by atoms with E-state index in [1.807, 2.05) is 6.92 Å². The van der Waals surface area contributed by atoms with Crippen molar-refractivity contribution in [2.75, 3.05) is 13.1 Å². The largest absolute Gasteiger partial charge is 0.337 e. The van der Waals surface area contributed by atoms with Crippen LogP contribution in [-0.2, 0) is 6.42 Å². The molecule has 3 rings (SSSR count). The summed E-state index contributed by atoms with van der Waals surface area (Å²) >= 11 is 0. The topological polar surface area (TPSA) is 46.1 Å². The Hall–Kier alpha value is -2.37. The first-order valence-corrected chi connectivity index (χ1v) is 8.55. The maximum absolute atomic E-state index is 13.7. The minimum Gasteiger partial charge on any atom is -0.337 e. The lowest BCUT2D eigenvalue weighted by Gasteiger charge is -2.32. The van der Waals surface area contributed by atoms with Crippen LogP contribution in [0.4, 0.5) is 8.78 Å². The molecule has 0 saturated carbocycles. The van der Waals surface area contributed by atoms with E-state index in [1.54, 1.807) is 11.1 Å². The molecule has 1 atom stereocenters. The van der Waals surface area contributed by atoms with Crippen molar-refractivity contribution in [2.24, 2.45) is 5.92 Å². The summed E-state index contributed by atoms with van der Waals surface area (Å²) in [6.45, 7) is 3.09. The van der Waals surface area contributed by atoms with Crippen LogP contribution in [0.25, 0.3) is 0 Å². The van der Waals surface area contributed by atoms with Crippen LogP contribution in [0.3, 0.4) is 0 Å². The third kappa shape index (κ3) is 4.18. The molecule has 0 unspecified atom stereocenters. The number of aryl methyl sites for hydroxylation is 1. The molecular formula is C19H21F2N3O. The first-order chi connectivity index (χ1) is 12.0. The zero-order valence-corrected chi connectivity index (χ0v) is 14.2. The SMILES string of the molecule is Cc1cnc(C(=O)N2CCC[C@H](CCc3c(F)cccc3F)C2)cn1. The highest BCUT2D eigenvalue weighted by Crippen LogP contribution is 2.24. The third-order valence-corrected chi connectivity index (χ3v) is 4.67. The third-order valence-electron chi connectivity index (χ3n) is 4.67. The standard InChI is InChI=1S/C19H21F2N3O/c1-13-10-23-18(11-22-13)19(25)24-9-3-4-14(12-24)7-8-15-16(20)5-2-6-17(15)21/h2,5-6,10-11,14H,3-4,7-9,12H2,1H3/t14-/m1/s1. The fraction of sp³-hybridized carbons (Fsp3) is 0.421. The Morgan fingerprint density at radius 2 is 2.00 bits per heavy atom. The smallest absolute Gasteiger partial charge is 0.274 e. The van der Waals surface area contributed by atoms with Gasteiger partial charge in [-0.25, -0.2) is 13.8 Å². The summed E-state index contributed by atoms with van der Waals surface area (Å²) in [4.78, 5) is 22.6. The Labute approximate surface area is 145 Å². The Kier molecular flexibility index (Phi) is 5.36. The van der Waals surface area contributed by atoms with Crippen LogP contribution in [0.5, 0.6) is 0 Å². The molecule has 132 valence electrons. The summed E-state index contributed by atoms with van der Waals surface area (Å²) in [6.07, 6.45) is 5.91.